The molecule has 1 N–H and O–H groups in total. The normalized spacial score (nSPS) is 18.8. The molecule has 6 nitrogen and oxygen atoms in total. The van der Waals surface area contributed by atoms with E-state index in [0.717, 1.165) is 43.0 Å². The van der Waals surface area contributed by atoms with Gasteiger partial charge in [0.15, 0.2) is 11.5 Å². The third-order valence-electron chi connectivity index (χ3n) is 3.24. The van der Waals surface area contributed by atoms with Crippen LogP contribution in [-0.2, 0) is 11.3 Å². The number of hydrogen-bond acceptors (Lipinski definition) is 5. The zero-order valence-electron chi connectivity index (χ0n) is 10.7. The van der Waals surface area contributed by atoms with Gasteiger partial charge in [0.2, 0.25) is 0 Å². The van der Waals surface area contributed by atoms with Crippen LogP contribution in [0.2, 0.25) is 0 Å². The van der Waals surface area contributed by atoms with Gasteiger partial charge in [-0.05, 0) is 12.8 Å². The molecule has 1 fully saturated rings. The summed E-state index contributed by atoms with van der Waals surface area (Å²) in [6.07, 6.45) is 7.67. The molecule has 1 aliphatic rings. The molecule has 0 saturated carbocycles. The van der Waals surface area contributed by atoms with Crippen LogP contribution in [0.3, 0.4) is 0 Å². The summed E-state index contributed by atoms with van der Waals surface area (Å²) in [4.78, 5) is 12.9. The van der Waals surface area contributed by atoms with E-state index >= 15 is 0 Å². The minimum atomic E-state index is 0.275. The molecule has 2 aromatic rings. The lowest BCUT2D eigenvalue weighted by atomic mass is 10.2. The summed E-state index contributed by atoms with van der Waals surface area (Å²) in [6.45, 7) is 6.00. The molecule has 1 aliphatic heterocycles. The number of aromatic nitrogens is 4. The highest BCUT2D eigenvalue weighted by Crippen LogP contribution is 2.20. The van der Waals surface area contributed by atoms with Crippen LogP contribution in [0.1, 0.15) is 12.8 Å². The Kier molecular flexibility index (Phi) is 3.41. The van der Waals surface area contributed by atoms with Gasteiger partial charge in [0, 0.05) is 13.2 Å². The number of anilines is 1. The highest BCUT2D eigenvalue weighted by Gasteiger charge is 2.18. The molecule has 0 aromatic carbocycles. The maximum Gasteiger partial charge on any atom is 0.165 e. The van der Waals surface area contributed by atoms with Crippen LogP contribution in [0, 0.1) is 0 Å². The van der Waals surface area contributed by atoms with Crippen LogP contribution in [0.25, 0.3) is 11.2 Å². The summed E-state index contributed by atoms with van der Waals surface area (Å²) in [5.74, 6) is 0.746. The van der Waals surface area contributed by atoms with E-state index in [-0.39, 0.29) is 6.10 Å². The van der Waals surface area contributed by atoms with Gasteiger partial charge in [-0.3, -0.25) is 0 Å². The van der Waals surface area contributed by atoms with Gasteiger partial charge < -0.3 is 14.6 Å². The third kappa shape index (κ3) is 2.44. The molecule has 100 valence electrons. The minimum Gasteiger partial charge on any atom is -0.376 e. The second-order valence-corrected chi connectivity index (χ2v) is 4.60. The first kappa shape index (κ1) is 12.1. The van der Waals surface area contributed by atoms with E-state index < -0.39 is 0 Å². The van der Waals surface area contributed by atoms with Crippen LogP contribution in [0.4, 0.5) is 5.82 Å². The zero-order valence-corrected chi connectivity index (χ0v) is 10.7. The van der Waals surface area contributed by atoms with E-state index in [2.05, 4.69) is 26.8 Å². The van der Waals surface area contributed by atoms with Gasteiger partial charge in [-0.1, -0.05) is 6.08 Å². The number of rotatable bonds is 5. The Bertz CT molecular complexity index is 573. The average Bonchev–Trinajstić information content (AvgIpc) is 3.07. The first-order valence-electron chi connectivity index (χ1n) is 6.50. The number of fused-ring (bicyclic) bond motifs is 1. The van der Waals surface area contributed by atoms with E-state index in [4.69, 9.17) is 4.74 Å². The largest absolute Gasteiger partial charge is 0.376 e. The smallest absolute Gasteiger partial charge is 0.165 e. The van der Waals surface area contributed by atoms with E-state index in [1.54, 1.807) is 18.7 Å². The maximum atomic E-state index is 5.65. The fraction of sp³-hybridized carbons (Fsp3) is 0.462. The predicted molar refractivity (Wildman–Crippen MR) is 73.0 cm³/mol. The van der Waals surface area contributed by atoms with Gasteiger partial charge in [0.25, 0.3) is 0 Å². The van der Waals surface area contributed by atoms with E-state index in [9.17, 15) is 0 Å². The molecule has 0 bridgehead atoms. The van der Waals surface area contributed by atoms with Crippen molar-refractivity contribution in [2.75, 3.05) is 18.5 Å². The molecule has 1 unspecified atom stereocenters. The predicted octanol–water partition coefficient (Wildman–Crippen LogP) is 1.60. The second-order valence-electron chi connectivity index (χ2n) is 4.60. The quantitative estimate of drug-likeness (QED) is 0.826. The molecule has 0 amide bonds. The molecule has 1 atom stereocenters. The number of ether oxygens (including phenoxy) is 1. The Morgan fingerprint density at radius 1 is 1.47 bits per heavy atom. The van der Waals surface area contributed by atoms with E-state index in [1.807, 2.05) is 4.57 Å². The molecule has 0 aliphatic carbocycles. The van der Waals surface area contributed by atoms with Crippen LogP contribution in [0.15, 0.2) is 25.3 Å². The molecule has 0 radical (unpaired) electrons. The van der Waals surface area contributed by atoms with Crippen molar-refractivity contribution < 1.29 is 4.74 Å². The average molecular weight is 259 g/mol. The van der Waals surface area contributed by atoms with Crippen LogP contribution >= 0.6 is 0 Å². The molecule has 6 heteroatoms. The highest BCUT2D eigenvalue weighted by atomic mass is 16.5. The standard InChI is InChI=1S/C13H17N5O/c1-2-5-14-12-11-13(16-8-15-12)18(9-17-11)7-10-4-3-6-19-10/h2,8-10H,1,3-7H2,(H,14,15,16). The second kappa shape index (κ2) is 5.36. The van der Waals surface area contributed by atoms with Crippen molar-refractivity contribution in [1.29, 1.82) is 0 Å². The third-order valence-corrected chi connectivity index (χ3v) is 3.24. The lowest BCUT2D eigenvalue weighted by molar-refractivity contribution is 0.0978. The molecule has 19 heavy (non-hydrogen) atoms. The number of hydrogen-bond donors (Lipinski definition) is 1. The fourth-order valence-electron chi connectivity index (χ4n) is 2.32. The van der Waals surface area contributed by atoms with Crippen molar-refractivity contribution in [3.63, 3.8) is 0 Å². The van der Waals surface area contributed by atoms with Crippen molar-refractivity contribution in [2.24, 2.45) is 0 Å². The van der Waals surface area contributed by atoms with Crippen LogP contribution in [0.5, 0.6) is 0 Å². The van der Waals surface area contributed by atoms with Crippen molar-refractivity contribution in [1.82, 2.24) is 19.5 Å². The summed E-state index contributed by atoms with van der Waals surface area (Å²) in [6, 6.07) is 0. The molecule has 3 rings (SSSR count). The Hall–Kier alpha value is -1.95. The fourth-order valence-corrected chi connectivity index (χ4v) is 2.32. The molecular weight excluding hydrogens is 242 g/mol. The lowest BCUT2D eigenvalue weighted by Gasteiger charge is -2.10. The first-order chi connectivity index (χ1) is 9.38. The van der Waals surface area contributed by atoms with Crippen molar-refractivity contribution in [2.45, 2.75) is 25.5 Å². The first-order valence-corrected chi connectivity index (χ1v) is 6.50. The SMILES string of the molecule is C=CCNc1ncnc2c1ncn2CC1CCCO1. The van der Waals surface area contributed by atoms with Gasteiger partial charge in [0.05, 0.1) is 19.0 Å². The highest BCUT2D eigenvalue weighted by molar-refractivity contribution is 5.82. The van der Waals surface area contributed by atoms with Crippen LogP contribution in [-0.4, -0.2) is 38.8 Å². The van der Waals surface area contributed by atoms with Gasteiger partial charge in [-0.2, -0.15) is 0 Å². The molecule has 3 heterocycles. The van der Waals surface area contributed by atoms with Crippen molar-refractivity contribution in [3.8, 4) is 0 Å². The Morgan fingerprint density at radius 3 is 3.21 bits per heavy atom. The number of nitrogens with zero attached hydrogens (tertiary/aromatic N) is 4. The lowest BCUT2D eigenvalue weighted by Crippen LogP contribution is -2.14. The molecular formula is C13H17N5O. The summed E-state index contributed by atoms with van der Waals surface area (Å²) in [5.41, 5.74) is 1.64. The molecule has 2 aromatic heterocycles. The van der Waals surface area contributed by atoms with Crippen molar-refractivity contribution in [3.05, 3.63) is 25.3 Å². The van der Waals surface area contributed by atoms with Crippen LogP contribution < -0.4 is 5.32 Å². The summed E-state index contributed by atoms with van der Waals surface area (Å²) in [7, 11) is 0. The number of imidazole rings is 1. The van der Waals surface area contributed by atoms with Gasteiger partial charge in [0.1, 0.15) is 11.8 Å². The Labute approximate surface area is 111 Å². The Balaban J connectivity index is 1.87. The number of nitrogens with one attached hydrogen (secondary N) is 1. The minimum absolute atomic E-state index is 0.275. The summed E-state index contributed by atoms with van der Waals surface area (Å²) >= 11 is 0. The monoisotopic (exact) mass is 259 g/mol. The molecule has 0 spiro atoms. The Morgan fingerprint density at radius 2 is 2.42 bits per heavy atom. The van der Waals surface area contributed by atoms with E-state index in [0.29, 0.717) is 6.54 Å². The van der Waals surface area contributed by atoms with Gasteiger partial charge in [-0.15, -0.1) is 6.58 Å². The van der Waals surface area contributed by atoms with E-state index in [1.165, 1.54) is 0 Å². The summed E-state index contributed by atoms with van der Waals surface area (Å²) in [5, 5.41) is 3.17. The molecule has 1 saturated heterocycles. The summed E-state index contributed by atoms with van der Waals surface area (Å²) < 4.78 is 7.68. The topological polar surface area (TPSA) is 64.9 Å². The maximum absolute atomic E-state index is 5.65. The van der Waals surface area contributed by atoms with Gasteiger partial charge in [-0.25, -0.2) is 15.0 Å². The van der Waals surface area contributed by atoms with Crippen molar-refractivity contribution >= 4 is 17.0 Å². The zero-order chi connectivity index (χ0) is 13.1. The van der Waals surface area contributed by atoms with Gasteiger partial charge >= 0.3 is 0 Å².